The van der Waals surface area contributed by atoms with Crippen LogP contribution in [0.25, 0.3) is 0 Å². The summed E-state index contributed by atoms with van der Waals surface area (Å²) in [5, 5.41) is 14.0. The molecule has 0 saturated heterocycles. The fraction of sp³-hybridized carbons (Fsp3) is 0.450. The van der Waals surface area contributed by atoms with Crippen LogP contribution >= 0.6 is 0 Å². The van der Waals surface area contributed by atoms with Gasteiger partial charge in [0.1, 0.15) is 0 Å². The maximum Gasteiger partial charge on any atom is 0.253 e. The molecule has 0 aliphatic heterocycles. The van der Waals surface area contributed by atoms with Gasteiger partial charge in [-0.2, -0.15) is 0 Å². The molecule has 128 valence electrons. The van der Waals surface area contributed by atoms with Crippen molar-refractivity contribution in [1.82, 2.24) is 9.88 Å². The van der Waals surface area contributed by atoms with Crippen molar-refractivity contribution in [2.45, 2.75) is 50.7 Å². The molecule has 4 nitrogen and oxygen atoms in total. The van der Waals surface area contributed by atoms with Crippen molar-refractivity contribution in [3.63, 3.8) is 0 Å². The van der Waals surface area contributed by atoms with E-state index < -0.39 is 5.60 Å². The molecule has 1 aliphatic rings. The number of nitrogens with zero attached hydrogens (tertiary/aromatic N) is 1. The Hall–Kier alpha value is -2.07. The van der Waals surface area contributed by atoms with E-state index in [1.807, 2.05) is 54.2 Å². The van der Waals surface area contributed by atoms with Gasteiger partial charge < -0.3 is 15.0 Å². The third-order valence-corrected chi connectivity index (χ3v) is 5.24. The molecule has 4 heteroatoms. The SMILES string of the molecule is CCc1c(C(=O)NC2CCC(O)(c3ccccc3)CC2)ccn1C. The molecule has 1 heterocycles. The molecule has 1 amide bonds. The molecule has 2 N–H and O–H groups in total. The van der Waals surface area contributed by atoms with Crippen LogP contribution in [0.5, 0.6) is 0 Å². The minimum Gasteiger partial charge on any atom is -0.385 e. The van der Waals surface area contributed by atoms with Gasteiger partial charge in [-0.05, 0) is 43.7 Å². The molecular weight excluding hydrogens is 300 g/mol. The maximum atomic E-state index is 12.6. The predicted molar refractivity (Wildman–Crippen MR) is 94.9 cm³/mol. The van der Waals surface area contributed by atoms with E-state index in [0.717, 1.165) is 36.1 Å². The highest BCUT2D eigenvalue weighted by atomic mass is 16.3. The first kappa shape index (κ1) is 16.8. The number of carbonyl (C=O) groups excluding carboxylic acids is 1. The first-order valence-electron chi connectivity index (χ1n) is 8.76. The third-order valence-electron chi connectivity index (χ3n) is 5.24. The summed E-state index contributed by atoms with van der Waals surface area (Å²) in [7, 11) is 1.97. The highest BCUT2D eigenvalue weighted by Crippen LogP contribution is 2.37. The fourth-order valence-corrected chi connectivity index (χ4v) is 3.75. The standard InChI is InChI=1S/C20H26N2O2/c1-3-18-17(11-14-22(18)2)19(23)21-16-9-12-20(24,13-10-16)15-7-5-4-6-8-15/h4-8,11,14,16,24H,3,9-10,12-13H2,1-2H3,(H,21,23). The Morgan fingerprint density at radius 2 is 1.92 bits per heavy atom. The van der Waals surface area contributed by atoms with Crippen LogP contribution in [0.4, 0.5) is 0 Å². The van der Waals surface area contributed by atoms with Crippen LogP contribution in [0.1, 0.15) is 54.2 Å². The zero-order valence-electron chi connectivity index (χ0n) is 14.5. The Kier molecular flexibility index (Phi) is 4.76. The van der Waals surface area contributed by atoms with Crippen molar-refractivity contribution >= 4 is 5.91 Å². The van der Waals surface area contributed by atoms with Gasteiger partial charge in [-0.15, -0.1) is 0 Å². The molecule has 0 unspecified atom stereocenters. The fourth-order valence-electron chi connectivity index (χ4n) is 3.75. The zero-order chi connectivity index (χ0) is 17.2. The number of aromatic nitrogens is 1. The first-order chi connectivity index (χ1) is 11.5. The van der Waals surface area contributed by atoms with E-state index in [9.17, 15) is 9.90 Å². The second-order valence-corrected chi connectivity index (χ2v) is 6.79. The highest BCUT2D eigenvalue weighted by molar-refractivity contribution is 5.95. The van der Waals surface area contributed by atoms with Gasteiger partial charge in [0.15, 0.2) is 0 Å². The lowest BCUT2D eigenvalue weighted by Crippen LogP contribution is -2.42. The average molecular weight is 326 g/mol. The van der Waals surface area contributed by atoms with Gasteiger partial charge in [0, 0.05) is 25.0 Å². The number of hydrogen-bond acceptors (Lipinski definition) is 2. The summed E-state index contributed by atoms with van der Waals surface area (Å²) < 4.78 is 2.00. The third kappa shape index (κ3) is 3.24. The Morgan fingerprint density at radius 3 is 2.54 bits per heavy atom. The minimum absolute atomic E-state index is 0.00241. The van der Waals surface area contributed by atoms with E-state index in [4.69, 9.17) is 0 Å². The number of benzene rings is 1. The Balaban J connectivity index is 1.62. The van der Waals surface area contributed by atoms with E-state index in [1.54, 1.807) is 0 Å². The smallest absolute Gasteiger partial charge is 0.253 e. The van der Waals surface area contributed by atoms with Crippen LogP contribution in [0.2, 0.25) is 0 Å². The molecule has 1 fully saturated rings. The molecule has 2 aromatic rings. The topological polar surface area (TPSA) is 54.3 Å². The van der Waals surface area contributed by atoms with Gasteiger partial charge in [0.25, 0.3) is 5.91 Å². The summed E-state index contributed by atoms with van der Waals surface area (Å²) in [4.78, 5) is 12.6. The van der Waals surface area contributed by atoms with E-state index in [1.165, 1.54) is 0 Å². The van der Waals surface area contributed by atoms with E-state index >= 15 is 0 Å². The summed E-state index contributed by atoms with van der Waals surface area (Å²) >= 11 is 0. The molecule has 1 aromatic heterocycles. The number of rotatable bonds is 4. The lowest BCUT2D eigenvalue weighted by molar-refractivity contribution is -0.00803. The first-order valence-corrected chi connectivity index (χ1v) is 8.76. The van der Waals surface area contributed by atoms with Crippen molar-refractivity contribution in [3.8, 4) is 0 Å². The van der Waals surface area contributed by atoms with Crippen molar-refractivity contribution in [2.75, 3.05) is 0 Å². The van der Waals surface area contributed by atoms with Gasteiger partial charge in [-0.1, -0.05) is 37.3 Å². The second-order valence-electron chi connectivity index (χ2n) is 6.79. The largest absolute Gasteiger partial charge is 0.385 e. The molecule has 1 aromatic carbocycles. The Labute approximate surface area is 143 Å². The molecule has 0 radical (unpaired) electrons. The quantitative estimate of drug-likeness (QED) is 0.907. The summed E-state index contributed by atoms with van der Waals surface area (Å²) in [6, 6.07) is 11.9. The summed E-state index contributed by atoms with van der Waals surface area (Å²) in [6.07, 6.45) is 5.72. The highest BCUT2D eigenvalue weighted by Gasteiger charge is 2.35. The molecular formula is C20H26N2O2. The number of carbonyl (C=O) groups is 1. The molecule has 0 bridgehead atoms. The number of hydrogen-bond donors (Lipinski definition) is 2. The summed E-state index contributed by atoms with van der Waals surface area (Å²) in [5.74, 6) is 0.00241. The van der Waals surface area contributed by atoms with Crippen molar-refractivity contribution in [1.29, 1.82) is 0 Å². The summed E-state index contributed by atoms with van der Waals surface area (Å²) in [6.45, 7) is 2.06. The predicted octanol–water partition coefficient (Wildman–Crippen LogP) is 3.15. The van der Waals surface area contributed by atoms with Gasteiger partial charge in [-0.3, -0.25) is 4.79 Å². The monoisotopic (exact) mass is 326 g/mol. The van der Waals surface area contributed by atoms with Crippen LogP contribution in [-0.4, -0.2) is 21.6 Å². The van der Waals surface area contributed by atoms with Gasteiger partial charge in [-0.25, -0.2) is 0 Å². The minimum atomic E-state index is -0.760. The van der Waals surface area contributed by atoms with E-state index in [-0.39, 0.29) is 11.9 Å². The van der Waals surface area contributed by atoms with Crippen LogP contribution in [0.3, 0.4) is 0 Å². The average Bonchev–Trinajstić information content (AvgIpc) is 2.98. The van der Waals surface area contributed by atoms with Crippen LogP contribution < -0.4 is 5.32 Å². The normalized spacial score (nSPS) is 23.9. The molecule has 0 atom stereocenters. The number of aliphatic hydroxyl groups is 1. The molecule has 0 spiro atoms. The maximum absolute atomic E-state index is 12.6. The van der Waals surface area contributed by atoms with Crippen molar-refractivity contribution < 1.29 is 9.90 Å². The van der Waals surface area contributed by atoms with Gasteiger partial charge in [0.2, 0.25) is 0 Å². The lowest BCUT2D eigenvalue weighted by atomic mass is 9.77. The van der Waals surface area contributed by atoms with E-state index in [2.05, 4.69) is 12.2 Å². The number of amides is 1. The number of nitrogens with one attached hydrogen (secondary N) is 1. The number of aryl methyl sites for hydroxylation is 1. The van der Waals surface area contributed by atoms with Crippen LogP contribution in [0, 0.1) is 0 Å². The van der Waals surface area contributed by atoms with Crippen molar-refractivity contribution in [2.24, 2.45) is 7.05 Å². The van der Waals surface area contributed by atoms with Gasteiger partial charge in [0.05, 0.1) is 11.2 Å². The van der Waals surface area contributed by atoms with Gasteiger partial charge >= 0.3 is 0 Å². The zero-order valence-corrected chi connectivity index (χ0v) is 14.5. The summed E-state index contributed by atoms with van der Waals surface area (Å²) in [5.41, 5.74) is 2.04. The molecule has 24 heavy (non-hydrogen) atoms. The molecule has 1 aliphatic carbocycles. The van der Waals surface area contributed by atoms with Crippen molar-refractivity contribution in [3.05, 3.63) is 59.4 Å². The van der Waals surface area contributed by atoms with Crippen LogP contribution in [-0.2, 0) is 19.1 Å². The van der Waals surface area contributed by atoms with Crippen LogP contribution in [0.15, 0.2) is 42.6 Å². The lowest BCUT2D eigenvalue weighted by Gasteiger charge is -2.36. The second kappa shape index (κ2) is 6.81. The molecule has 3 rings (SSSR count). The van der Waals surface area contributed by atoms with E-state index in [0.29, 0.717) is 12.8 Å². The Morgan fingerprint density at radius 1 is 1.25 bits per heavy atom. The molecule has 1 saturated carbocycles. The Bertz CT molecular complexity index is 698.